The number of carbonyl (C=O) groups is 1. The van der Waals surface area contributed by atoms with E-state index in [-0.39, 0.29) is 23.3 Å². The molecule has 0 fully saturated rings. The van der Waals surface area contributed by atoms with Crippen molar-refractivity contribution in [2.24, 2.45) is 0 Å². The van der Waals surface area contributed by atoms with E-state index in [0.29, 0.717) is 10.9 Å². The Bertz CT molecular complexity index is 937. The van der Waals surface area contributed by atoms with Crippen molar-refractivity contribution in [3.8, 4) is 0 Å². The van der Waals surface area contributed by atoms with Gasteiger partial charge in [-0.1, -0.05) is 71.1 Å². The van der Waals surface area contributed by atoms with E-state index in [1.54, 1.807) is 0 Å². The third kappa shape index (κ3) is 9.02. The van der Waals surface area contributed by atoms with E-state index in [4.69, 9.17) is 23.8 Å². The maximum Gasteiger partial charge on any atom is 0 e. The van der Waals surface area contributed by atoms with Crippen LogP contribution < -0.4 is 5.32 Å². The topological polar surface area (TPSA) is 104 Å². The second-order valence-corrected chi connectivity index (χ2v) is 26.5. The summed E-state index contributed by atoms with van der Waals surface area (Å²) in [6.45, 7) is 35.3. The summed E-state index contributed by atoms with van der Waals surface area (Å²) < 4.78 is 29.9. The number of nitrogens with zero attached hydrogens (tertiary/aromatic N) is 2. The van der Waals surface area contributed by atoms with E-state index in [9.17, 15) is 4.79 Å². The van der Waals surface area contributed by atoms with Crippen LogP contribution in [0.4, 0.5) is 0 Å². The molecule has 1 aromatic carbocycles. The van der Waals surface area contributed by atoms with E-state index in [0.717, 1.165) is 10.9 Å². The molecular formula is C22H34CrN2O5Si3. The van der Waals surface area contributed by atoms with Gasteiger partial charge < -0.3 is 4.74 Å². The van der Waals surface area contributed by atoms with E-state index < -0.39 is 24.2 Å². The van der Waals surface area contributed by atoms with Crippen LogP contribution in [0.3, 0.4) is 0 Å². The van der Waals surface area contributed by atoms with E-state index in [2.05, 4.69) is 89.6 Å². The van der Waals surface area contributed by atoms with Gasteiger partial charge in [-0.2, -0.15) is 5.10 Å². The molecule has 33 heavy (non-hydrogen) atoms. The number of methoxy groups -OCH3 is 1. The Hall–Kier alpha value is -1.44. The molecular weight excluding hydrogens is 509 g/mol. The Morgan fingerprint density at radius 1 is 0.909 bits per heavy atom. The van der Waals surface area contributed by atoms with Gasteiger partial charge in [0.15, 0.2) is 0 Å². The number of hydrogen-bond donors (Lipinski definition) is 0. The summed E-state index contributed by atoms with van der Waals surface area (Å²) in [6.07, 6.45) is 0. The Balaban J connectivity index is -0.00000119. The molecule has 0 atom stereocenters. The number of fused-ring (bicyclic) bond motifs is 1. The van der Waals surface area contributed by atoms with Crippen molar-refractivity contribution < 1.29 is 40.8 Å². The first-order valence-electron chi connectivity index (χ1n) is 9.91. The first-order chi connectivity index (χ1) is 14.7. The van der Waals surface area contributed by atoms with Crippen molar-refractivity contribution >= 4 is 46.4 Å². The zero-order valence-electron chi connectivity index (χ0n) is 21.2. The molecule has 180 valence electrons. The third-order valence-corrected chi connectivity index (χ3v) is 15.6. The van der Waals surface area contributed by atoms with E-state index in [1.165, 1.54) is 12.4 Å². The molecule has 0 radical (unpaired) electrons. The standard InChI is InChI=1S/C19H34N2O2Si3.3CO.Cr/c1-23-18(22)15-13-11-12-14-16(15)20-21(17(14)24(2,3)4)19(25(5,6)7)26(8,9)10;3*1-2;/h11-13,19H,1-10H3;;;;. The molecule has 0 saturated carbocycles. The Morgan fingerprint density at radius 3 is 1.67 bits per heavy atom. The minimum absolute atomic E-state index is 0. The SMILES string of the molecule is COC(=O)c1cccc2c([Si](C)(C)C)n(C([Si](C)(C)C)[Si](C)(C)C)nc12.[C-]#[O+].[C-]#[O+].[C-]#[O+].[Cr]. The summed E-state index contributed by atoms with van der Waals surface area (Å²) in [7, 11) is -3.29. The van der Waals surface area contributed by atoms with Crippen molar-refractivity contribution in [2.45, 2.75) is 64.2 Å². The second-order valence-electron chi connectivity index (χ2n) is 10.4. The van der Waals surface area contributed by atoms with Gasteiger partial charge in [-0.15, -0.1) is 0 Å². The van der Waals surface area contributed by atoms with Crippen LogP contribution >= 0.6 is 0 Å². The maximum absolute atomic E-state index is 12.3. The van der Waals surface area contributed by atoms with Gasteiger partial charge in [0.2, 0.25) is 0 Å². The molecule has 0 aliphatic rings. The third-order valence-electron chi connectivity index (χ3n) is 4.73. The molecule has 1 heterocycles. The van der Waals surface area contributed by atoms with Crippen LogP contribution in [0.5, 0.6) is 0 Å². The van der Waals surface area contributed by atoms with Gasteiger partial charge in [-0.25, -0.2) is 4.79 Å². The van der Waals surface area contributed by atoms with Crippen molar-refractivity contribution in [3.05, 3.63) is 43.7 Å². The molecule has 0 bridgehead atoms. The zero-order chi connectivity index (χ0) is 26.1. The summed E-state index contributed by atoms with van der Waals surface area (Å²) in [5, 5.41) is 8.08. The summed E-state index contributed by atoms with van der Waals surface area (Å²) in [6, 6.07) is 5.92. The van der Waals surface area contributed by atoms with Crippen LogP contribution in [-0.2, 0) is 36.1 Å². The summed E-state index contributed by atoms with van der Waals surface area (Å²) in [5.74, 6) is -0.306. The van der Waals surface area contributed by atoms with Gasteiger partial charge in [0, 0.05) is 33.4 Å². The van der Waals surface area contributed by atoms with Crippen molar-refractivity contribution in [3.63, 3.8) is 0 Å². The number of ether oxygens (including phenoxy) is 1. The number of esters is 1. The fraction of sp³-hybridized carbons (Fsp3) is 0.500. The molecule has 11 heteroatoms. The van der Waals surface area contributed by atoms with Gasteiger partial charge in [0.1, 0.15) is 13.6 Å². The molecule has 2 rings (SSSR count). The number of aromatic nitrogens is 2. The molecule has 0 amide bonds. The maximum atomic E-state index is 12.3. The average molecular weight is 543 g/mol. The Kier molecular flexibility index (Phi) is 16.1. The minimum atomic E-state index is -1.69. The molecule has 0 saturated heterocycles. The fourth-order valence-electron chi connectivity index (χ4n) is 4.37. The van der Waals surface area contributed by atoms with Crippen LogP contribution in [0.2, 0.25) is 58.9 Å². The van der Waals surface area contributed by atoms with Gasteiger partial charge in [0.25, 0.3) is 0 Å². The summed E-state index contributed by atoms with van der Waals surface area (Å²) in [5.41, 5.74) is 1.38. The van der Waals surface area contributed by atoms with Crippen LogP contribution in [0, 0.1) is 20.0 Å². The zero-order valence-corrected chi connectivity index (χ0v) is 25.4. The summed E-state index contributed by atoms with van der Waals surface area (Å²) >= 11 is 0. The predicted molar refractivity (Wildman–Crippen MR) is 132 cm³/mol. The average Bonchev–Trinajstić information content (AvgIpc) is 3.08. The molecule has 0 N–H and O–H groups in total. The quantitative estimate of drug-likeness (QED) is 0.240. The Morgan fingerprint density at radius 2 is 1.33 bits per heavy atom. The molecule has 0 unspecified atom stereocenters. The number of benzene rings is 1. The van der Waals surface area contributed by atoms with Gasteiger partial charge in [-0.05, 0) is 6.07 Å². The van der Waals surface area contributed by atoms with Gasteiger partial charge in [0.05, 0.1) is 28.8 Å². The minimum Gasteiger partial charge on any atom is 0 e. The second kappa shape index (κ2) is 14.7. The largest absolute Gasteiger partial charge is 0 e. The normalized spacial score (nSPS) is 10.8. The number of carbonyl (C=O) groups excluding carboxylic acids is 1. The van der Waals surface area contributed by atoms with Gasteiger partial charge >= 0.3 is 39.9 Å². The Labute approximate surface area is 211 Å². The van der Waals surface area contributed by atoms with Crippen molar-refractivity contribution in [2.75, 3.05) is 7.11 Å². The van der Waals surface area contributed by atoms with Gasteiger partial charge in [-0.3, -0.25) is 4.68 Å². The monoisotopic (exact) mass is 542 g/mol. The number of hydrogen-bond acceptors (Lipinski definition) is 3. The molecule has 7 nitrogen and oxygen atoms in total. The molecule has 2 aromatic rings. The smallest absolute Gasteiger partial charge is 0 e. The van der Waals surface area contributed by atoms with Crippen LogP contribution in [0.1, 0.15) is 15.6 Å². The van der Waals surface area contributed by atoms with Crippen molar-refractivity contribution in [1.29, 1.82) is 0 Å². The van der Waals surface area contributed by atoms with Crippen LogP contribution in [0.15, 0.2) is 18.2 Å². The molecule has 1 aromatic heterocycles. The van der Waals surface area contributed by atoms with E-state index >= 15 is 0 Å². The molecule has 0 aliphatic carbocycles. The van der Waals surface area contributed by atoms with E-state index in [1.807, 2.05) is 12.1 Å². The number of rotatable bonds is 5. The summed E-state index contributed by atoms with van der Waals surface area (Å²) in [4.78, 5) is 12.3. The molecule has 0 spiro atoms. The first kappa shape index (κ1) is 36.1. The fourth-order valence-corrected chi connectivity index (χ4v) is 18.7. The predicted octanol–water partition coefficient (Wildman–Crippen LogP) is 4.55. The first-order valence-corrected chi connectivity index (χ1v) is 20.6. The van der Waals surface area contributed by atoms with Crippen molar-refractivity contribution in [1.82, 2.24) is 9.78 Å². The molecule has 0 aliphatic heterocycles. The van der Waals surface area contributed by atoms with Crippen LogP contribution in [0.25, 0.3) is 10.9 Å². The van der Waals surface area contributed by atoms with Crippen LogP contribution in [-0.4, -0.2) is 47.1 Å².